The first kappa shape index (κ1) is 17.4. The van der Waals surface area contributed by atoms with Crippen LogP contribution in [0.15, 0.2) is 48.7 Å². The summed E-state index contributed by atoms with van der Waals surface area (Å²) in [4.78, 5) is 24.0. The molecule has 8 nitrogen and oxygen atoms in total. The number of rotatable bonds is 7. The van der Waals surface area contributed by atoms with E-state index >= 15 is 0 Å². The molecule has 26 heavy (non-hydrogen) atoms. The zero-order valence-electron chi connectivity index (χ0n) is 14.3. The van der Waals surface area contributed by atoms with Gasteiger partial charge in [-0.3, -0.25) is 19.3 Å². The van der Waals surface area contributed by atoms with Crippen molar-refractivity contribution in [1.29, 1.82) is 0 Å². The van der Waals surface area contributed by atoms with Crippen LogP contribution in [0.3, 0.4) is 0 Å². The van der Waals surface area contributed by atoms with Crippen molar-refractivity contribution in [3.8, 4) is 5.75 Å². The Balaban J connectivity index is 1.46. The molecule has 0 aliphatic carbocycles. The number of carbonyl (C=O) groups excluding carboxylic acids is 2. The van der Waals surface area contributed by atoms with Gasteiger partial charge in [0.2, 0.25) is 17.8 Å². The molecule has 3 aromatic rings. The molecular weight excluding hydrogens is 334 g/mol. The summed E-state index contributed by atoms with van der Waals surface area (Å²) in [5.41, 5.74) is 1.57. The van der Waals surface area contributed by atoms with Crippen LogP contribution in [0, 0.1) is 0 Å². The first-order valence-corrected chi connectivity index (χ1v) is 8.15. The molecule has 8 heteroatoms. The quantitative estimate of drug-likeness (QED) is 0.675. The number of anilines is 1. The van der Waals surface area contributed by atoms with Crippen LogP contribution in [-0.2, 0) is 16.1 Å². The number of amides is 2. The molecule has 0 saturated carbocycles. The van der Waals surface area contributed by atoms with Gasteiger partial charge in [-0.15, -0.1) is 10.2 Å². The molecule has 134 valence electrons. The second kappa shape index (κ2) is 8.11. The number of nitrogens with one attached hydrogen (secondary N) is 2. The molecule has 0 saturated heterocycles. The highest BCUT2D eigenvalue weighted by Gasteiger charge is 2.11. The van der Waals surface area contributed by atoms with Crippen LogP contribution in [0.25, 0.3) is 5.65 Å². The van der Waals surface area contributed by atoms with Gasteiger partial charge < -0.3 is 10.1 Å². The summed E-state index contributed by atoms with van der Waals surface area (Å²) in [6, 6.07) is 12.9. The second-order valence-corrected chi connectivity index (χ2v) is 5.63. The fourth-order valence-electron chi connectivity index (χ4n) is 2.41. The lowest BCUT2D eigenvalue weighted by atomic mass is 10.2. The number of hydrogen-bond donors (Lipinski definition) is 2. The van der Waals surface area contributed by atoms with Crippen molar-refractivity contribution in [3.63, 3.8) is 0 Å². The van der Waals surface area contributed by atoms with E-state index in [1.807, 2.05) is 36.4 Å². The van der Waals surface area contributed by atoms with Gasteiger partial charge in [0.15, 0.2) is 5.65 Å². The van der Waals surface area contributed by atoms with Gasteiger partial charge in [-0.05, 0) is 29.8 Å². The number of hydrogen-bond acceptors (Lipinski definition) is 5. The monoisotopic (exact) mass is 353 g/mol. The lowest BCUT2D eigenvalue weighted by Crippen LogP contribution is -2.24. The van der Waals surface area contributed by atoms with E-state index in [-0.39, 0.29) is 24.7 Å². The Morgan fingerprint density at radius 3 is 2.77 bits per heavy atom. The minimum atomic E-state index is -0.292. The molecule has 2 amide bonds. The Labute approximate surface area is 150 Å². The molecule has 3 rings (SSSR count). The van der Waals surface area contributed by atoms with Crippen molar-refractivity contribution in [2.75, 3.05) is 12.4 Å². The van der Waals surface area contributed by atoms with Gasteiger partial charge in [-0.2, -0.15) is 0 Å². The Bertz CT molecular complexity index is 922. The summed E-state index contributed by atoms with van der Waals surface area (Å²) in [5.74, 6) is 0.577. The van der Waals surface area contributed by atoms with Crippen molar-refractivity contribution < 1.29 is 14.3 Å². The summed E-state index contributed by atoms with van der Waals surface area (Å²) >= 11 is 0. The molecule has 1 aromatic carbocycles. The predicted molar refractivity (Wildman–Crippen MR) is 95.7 cm³/mol. The fourth-order valence-corrected chi connectivity index (χ4v) is 2.41. The molecule has 0 radical (unpaired) electrons. The molecule has 0 aliphatic heterocycles. The van der Waals surface area contributed by atoms with Crippen LogP contribution in [0.2, 0.25) is 0 Å². The van der Waals surface area contributed by atoms with Crippen molar-refractivity contribution in [3.05, 3.63) is 54.2 Å². The van der Waals surface area contributed by atoms with E-state index in [4.69, 9.17) is 4.74 Å². The fraction of sp³-hybridized carbons (Fsp3) is 0.222. The second-order valence-electron chi connectivity index (χ2n) is 5.63. The van der Waals surface area contributed by atoms with Crippen LogP contribution >= 0.6 is 0 Å². The Kier molecular flexibility index (Phi) is 5.43. The average molecular weight is 353 g/mol. The number of methoxy groups -OCH3 is 1. The summed E-state index contributed by atoms with van der Waals surface area (Å²) in [6.07, 6.45) is 1.91. The number of pyridine rings is 1. The van der Waals surface area contributed by atoms with E-state index in [9.17, 15) is 9.59 Å². The molecule has 2 heterocycles. The number of fused-ring (bicyclic) bond motifs is 1. The molecule has 0 bridgehead atoms. The van der Waals surface area contributed by atoms with Crippen LogP contribution in [0.5, 0.6) is 5.75 Å². The third kappa shape index (κ3) is 4.35. The molecule has 0 aliphatic rings. The van der Waals surface area contributed by atoms with Crippen molar-refractivity contribution in [2.45, 2.75) is 19.4 Å². The molecule has 0 fully saturated rings. The molecule has 0 unspecified atom stereocenters. The van der Waals surface area contributed by atoms with Gasteiger partial charge in [-0.1, -0.05) is 18.2 Å². The maximum absolute atomic E-state index is 12.0. The maximum atomic E-state index is 12.0. The standard InChI is InChI=1S/C18H19N5O3/c1-26-14-6-4-5-13(11-14)12-19-16(24)8-9-17(25)20-18-22-21-15-7-2-3-10-23(15)18/h2-7,10-11H,8-9,12H2,1H3,(H,19,24)(H,20,22,25). The van der Waals surface area contributed by atoms with Crippen LogP contribution in [0.4, 0.5) is 5.95 Å². The van der Waals surface area contributed by atoms with E-state index < -0.39 is 0 Å². The third-order valence-corrected chi connectivity index (χ3v) is 3.77. The highest BCUT2D eigenvalue weighted by Crippen LogP contribution is 2.12. The average Bonchev–Trinajstić information content (AvgIpc) is 3.08. The topological polar surface area (TPSA) is 97.6 Å². The molecule has 2 N–H and O–H groups in total. The van der Waals surface area contributed by atoms with Gasteiger partial charge >= 0.3 is 0 Å². The minimum absolute atomic E-state index is 0.0612. The van der Waals surface area contributed by atoms with E-state index in [0.29, 0.717) is 18.1 Å². The number of carbonyl (C=O) groups is 2. The maximum Gasteiger partial charge on any atom is 0.235 e. The van der Waals surface area contributed by atoms with E-state index in [0.717, 1.165) is 11.3 Å². The molecule has 0 spiro atoms. The zero-order valence-corrected chi connectivity index (χ0v) is 14.3. The summed E-state index contributed by atoms with van der Waals surface area (Å²) in [6.45, 7) is 0.381. The number of benzene rings is 1. The van der Waals surface area contributed by atoms with Gasteiger partial charge in [0.05, 0.1) is 7.11 Å². The molecule has 0 atom stereocenters. The van der Waals surface area contributed by atoms with E-state index in [1.54, 1.807) is 23.8 Å². The van der Waals surface area contributed by atoms with Gasteiger partial charge in [-0.25, -0.2) is 0 Å². The minimum Gasteiger partial charge on any atom is -0.497 e. The van der Waals surface area contributed by atoms with Gasteiger partial charge in [0.1, 0.15) is 5.75 Å². The van der Waals surface area contributed by atoms with Gasteiger partial charge in [0, 0.05) is 25.6 Å². The van der Waals surface area contributed by atoms with Gasteiger partial charge in [0.25, 0.3) is 0 Å². The van der Waals surface area contributed by atoms with E-state index in [2.05, 4.69) is 20.8 Å². The highest BCUT2D eigenvalue weighted by molar-refractivity contribution is 5.92. The van der Waals surface area contributed by atoms with Crippen LogP contribution < -0.4 is 15.4 Å². The predicted octanol–water partition coefficient (Wildman–Crippen LogP) is 1.77. The Morgan fingerprint density at radius 2 is 1.92 bits per heavy atom. The summed E-state index contributed by atoms with van der Waals surface area (Å²) < 4.78 is 6.81. The normalized spacial score (nSPS) is 10.5. The van der Waals surface area contributed by atoms with Crippen molar-refractivity contribution in [1.82, 2.24) is 19.9 Å². The molecular formula is C18H19N5O3. The van der Waals surface area contributed by atoms with E-state index in [1.165, 1.54) is 0 Å². The number of nitrogens with zero attached hydrogens (tertiary/aromatic N) is 3. The highest BCUT2D eigenvalue weighted by atomic mass is 16.5. The first-order valence-electron chi connectivity index (χ1n) is 8.15. The number of aromatic nitrogens is 3. The van der Waals surface area contributed by atoms with Crippen LogP contribution in [-0.4, -0.2) is 33.5 Å². The zero-order chi connectivity index (χ0) is 18.4. The van der Waals surface area contributed by atoms with Crippen LogP contribution in [0.1, 0.15) is 18.4 Å². The SMILES string of the molecule is COc1cccc(CNC(=O)CCC(=O)Nc2nnc3ccccn23)c1. The molecule has 2 aromatic heterocycles. The lowest BCUT2D eigenvalue weighted by molar-refractivity contribution is -0.124. The van der Waals surface area contributed by atoms with Crippen molar-refractivity contribution >= 4 is 23.4 Å². The van der Waals surface area contributed by atoms with Crippen molar-refractivity contribution in [2.24, 2.45) is 0 Å². The number of ether oxygens (including phenoxy) is 1. The first-order chi connectivity index (χ1) is 12.7. The summed E-state index contributed by atoms with van der Waals surface area (Å²) in [7, 11) is 1.59. The smallest absolute Gasteiger partial charge is 0.235 e. The lowest BCUT2D eigenvalue weighted by Gasteiger charge is -2.07. The summed E-state index contributed by atoms with van der Waals surface area (Å²) in [5, 5.41) is 13.3. The third-order valence-electron chi connectivity index (χ3n) is 3.77. The Morgan fingerprint density at radius 1 is 1.08 bits per heavy atom. The Hall–Kier alpha value is -3.42. The largest absolute Gasteiger partial charge is 0.497 e.